The van der Waals surface area contributed by atoms with E-state index in [9.17, 15) is 14.3 Å². The van der Waals surface area contributed by atoms with Gasteiger partial charge in [-0.2, -0.15) is 0 Å². The van der Waals surface area contributed by atoms with E-state index in [0.717, 1.165) is 23.8 Å². The van der Waals surface area contributed by atoms with E-state index in [4.69, 9.17) is 4.42 Å². The molecule has 2 heterocycles. The lowest BCUT2D eigenvalue weighted by Crippen LogP contribution is -2.46. The first-order valence-electron chi connectivity index (χ1n) is 8.34. The third kappa shape index (κ3) is 3.24. The summed E-state index contributed by atoms with van der Waals surface area (Å²) in [6.07, 6.45) is 1.85. The quantitative estimate of drug-likeness (QED) is 0.904. The molecular formula is C18H23FN2O3. The molecule has 1 aromatic carbocycles. The van der Waals surface area contributed by atoms with Gasteiger partial charge in [-0.1, -0.05) is 0 Å². The standard InChI is InChI=1S/C18H23FN2O3/c1-11-15-8-14(19)5-6-16(15)24-17(11)12(2)20-18(23)21-7-3-4-13(9-21)10-22/h5-6,8,12-13,22H,3-4,7,9-10H2,1-2H3,(H,20,23)/t12-,13-/m1/s1. The first-order valence-corrected chi connectivity index (χ1v) is 8.34. The molecule has 0 bridgehead atoms. The molecule has 5 nitrogen and oxygen atoms in total. The number of aliphatic hydroxyl groups excluding tert-OH is 1. The van der Waals surface area contributed by atoms with Crippen molar-refractivity contribution in [1.29, 1.82) is 0 Å². The number of benzene rings is 1. The van der Waals surface area contributed by atoms with E-state index in [2.05, 4.69) is 5.32 Å². The molecule has 2 aromatic rings. The minimum absolute atomic E-state index is 0.105. The van der Waals surface area contributed by atoms with Crippen LogP contribution in [0, 0.1) is 18.7 Å². The summed E-state index contributed by atoms with van der Waals surface area (Å²) in [4.78, 5) is 14.2. The zero-order valence-corrected chi connectivity index (χ0v) is 14.0. The van der Waals surface area contributed by atoms with Gasteiger partial charge >= 0.3 is 6.03 Å². The second-order valence-electron chi connectivity index (χ2n) is 6.54. The summed E-state index contributed by atoms with van der Waals surface area (Å²) < 4.78 is 19.2. The Morgan fingerprint density at radius 3 is 3.08 bits per heavy atom. The molecular weight excluding hydrogens is 311 g/mol. The Morgan fingerprint density at radius 2 is 2.33 bits per heavy atom. The molecule has 6 heteroatoms. The van der Waals surface area contributed by atoms with Crippen molar-refractivity contribution in [3.63, 3.8) is 0 Å². The van der Waals surface area contributed by atoms with E-state index in [1.807, 2.05) is 13.8 Å². The van der Waals surface area contributed by atoms with Crippen LogP contribution in [0.4, 0.5) is 9.18 Å². The number of hydrogen-bond acceptors (Lipinski definition) is 3. The molecule has 1 aliphatic rings. The summed E-state index contributed by atoms with van der Waals surface area (Å²) >= 11 is 0. The van der Waals surface area contributed by atoms with Crippen LogP contribution in [0.15, 0.2) is 22.6 Å². The van der Waals surface area contributed by atoms with Crippen molar-refractivity contribution in [3.05, 3.63) is 35.3 Å². The number of halogens is 1. The van der Waals surface area contributed by atoms with E-state index in [-0.39, 0.29) is 30.4 Å². The number of aliphatic hydroxyl groups is 1. The maximum absolute atomic E-state index is 13.4. The van der Waals surface area contributed by atoms with Crippen molar-refractivity contribution < 1.29 is 18.7 Å². The van der Waals surface area contributed by atoms with E-state index in [1.165, 1.54) is 12.1 Å². The van der Waals surface area contributed by atoms with Gasteiger partial charge in [0.1, 0.15) is 17.2 Å². The highest BCUT2D eigenvalue weighted by Crippen LogP contribution is 2.30. The van der Waals surface area contributed by atoms with Crippen LogP contribution >= 0.6 is 0 Å². The van der Waals surface area contributed by atoms with Gasteiger partial charge in [0.15, 0.2) is 0 Å². The molecule has 1 aliphatic heterocycles. The number of nitrogens with zero attached hydrogens (tertiary/aromatic N) is 1. The predicted molar refractivity (Wildman–Crippen MR) is 89.2 cm³/mol. The fourth-order valence-electron chi connectivity index (χ4n) is 3.37. The smallest absolute Gasteiger partial charge is 0.317 e. The summed E-state index contributed by atoms with van der Waals surface area (Å²) in [5.41, 5.74) is 1.45. The molecule has 2 atom stereocenters. The zero-order valence-electron chi connectivity index (χ0n) is 14.0. The van der Waals surface area contributed by atoms with Gasteiger partial charge in [0.2, 0.25) is 0 Å². The molecule has 2 amide bonds. The molecule has 1 fully saturated rings. The fraction of sp³-hybridized carbons (Fsp3) is 0.500. The third-order valence-electron chi connectivity index (χ3n) is 4.73. The highest BCUT2D eigenvalue weighted by atomic mass is 19.1. The minimum Gasteiger partial charge on any atom is -0.459 e. The largest absolute Gasteiger partial charge is 0.459 e. The van der Waals surface area contributed by atoms with E-state index in [0.29, 0.717) is 24.4 Å². The average Bonchev–Trinajstić information content (AvgIpc) is 2.91. The second-order valence-corrected chi connectivity index (χ2v) is 6.54. The van der Waals surface area contributed by atoms with Gasteiger partial charge in [-0.3, -0.25) is 0 Å². The maximum Gasteiger partial charge on any atom is 0.317 e. The van der Waals surface area contributed by atoms with Crippen LogP contribution < -0.4 is 5.32 Å². The summed E-state index contributed by atoms with van der Waals surface area (Å²) in [5, 5.41) is 13.0. The molecule has 0 saturated carbocycles. The number of furan rings is 1. The topological polar surface area (TPSA) is 65.7 Å². The number of amides is 2. The molecule has 1 aromatic heterocycles. The number of nitrogens with one attached hydrogen (secondary N) is 1. The predicted octanol–water partition coefficient (Wildman–Crippen LogP) is 3.36. The number of piperidine rings is 1. The summed E-state index contributed by atoms with van der Waals surface area (Å²) in [6, 6.07) is 3.94. The number of carbonyl (C=O) groups excluding carboxylic acids is 1. The van der Waals surface area contributed by atoms with Crippen LogP contribution in [0.3, 0.4) is 0 Å². The molecule has 130 valence electrons. The van der Waals surface area contributed by atoms with Crippen molar-refractivity contribution in [2.75, 3.05) is 19.7 Å². The third-order valence-corrected chi connectivity index (χ3v) is 4.73. The number of aryl methyl sites for hydroxylation is 1. The molecule has 0 aliphatic carbocycles. The Kier molecular flexibility index (Phi) is 4.76. The van der Waals surface area contributed by atoms with Crippen LogP contribution in [0.1, 0.15) is 37.1 Å². The Labute approximate surface area is 140 Å². The van der Waals surface area contributed by atoms with Crippen LogP contribution in [0.2, 0.25) is 0 Å². The first-order chi connectivity index (χ1) is 11.5. The summed E-state index contributed by atoms with van der Waals surface area (Å²) in [7, 11) is 0. The van der Waals surface area contributed by atoms with Gasteiger partial charge < -0.3 is 19.7 Å². The lowest BCUT2D eigenvalue weighted by Gasteiger charge is -2.32. The highest BCUT2D eigenvalue weighted by Gasteiger charge is 2.25. The molecule has 0 spiro atoms. The van der Waals surface area contributed by atoms with Gasteiger partial charge in [0, 0.05) is 30.6 Å². The van der Waals surface area contributed by atoms with Crippen LogP contribution in [0.25, 0.3) is 11.0 Å². The van der Waals surface area contributed by atoms with Crippen molar-refractivity contribution in [2.45, 2.75) is 32.7 Å². The van der Waals surface area contributed by atoms with Gasteiger partial charge in [-0.15, -0.1) is 0 Å². The molecule has 24 heavy (non-hydrogen) atoms. The number of carbonyl (C=O) groups is 1. The number of rotatable bonds is 3. The number of fused-ring (bicyclic) bond motifs is 1. The summed E-state index contributed by atoms with van der Waals surface area (Å²) in [6.45, 7) is 5.09. The van der Waals surface area contributed by atoms with Gasteiger partial charge in [0.05, 0.1) is 6.04 Å². The minimum atomic E-state index is -0.317. The Balaban J connectivity index is 1.73. The SMILES string of the molecule is Cc1c([C@@H](C)NC(=O)N2CCC[C@@H](CO)C2)oc2ccc(F)cc12. The lowest BCUT2D eigenvalue weighted by atomic mass is 9.99. The number of likely N-dealkylation sites (tertiary alicyclic amines) is 1. The Morgan fingerprint density at radius 1 is 1.54 bits per heavy atom. The monoisotopic (exact) mass is 334 g/mol. The van der Waals surface area contributed by atoms with Crippen molar-refractivity contribution >= 4 is 17.0 Å². The molecule has 0 unspecified atom stereocenters. The van der Waals surface area contributed by atoms with Gasteiger partial charge in [-0.05, 0) is 50.8 Å². The zero-order chi connectivity index (χ0) is 17.3. The highest BCUT2D eigenvalue weighted by molar-refractivity contribution is 5.82. The van der Waals surface area contributed by atoms with E-state index >= 15 is 0 Å². The maximum atomic E-state index is 13.4. The average molecular weight is 334 g/mol. The Bertz CT molecular complexity index is 743. The summed E-state index contributed by atoms with van der Waals surface area (Å²) in [5.74, 6) is 0.480. The van der Waals surface area contributed by atoms with Crippen molar-refractivity contribution in [3.8, 4) is 0 Å². The van der Waals surface area contributed by atoms with Crippen molar-refractivity contribution in [1.82, 2.24) is 10.2 Å². The molecule has 0 radical (unpaired) electrons. The van der Waals surface area contributed by atoms with Crippen LogP contribution in [-0.4, -0.2) is 35.7 Å². The van der Waals surface area contributed by atoms with E-state index < -0.39 is 0 Å². The van der Waals surface area contributed by atoms with Crippen LogP contribution in [-0.2, 0) is 0 Å². The normalized spacial score (nSPS) is 19.5. The fourth-order valence-corrected chi connectivity index (χ4v) is 3.37. The molecule has 1 saturated heterocycles. The molecule has 2 N–H and O–H groups in total. The van der Waals surface area contributed by atoms with Gasteiger partial charge in [-0.25, -0.2) is 9.18 Å². The van der Waals surface area contributed by atoms with Gasteiger partial charge in [0.25, 0.3) is 0 Å². The van der Waals surface area contributed by atoms with E-state index in [1.54, 1.807) is 11.0 Å². The number of hydrogen-bond donors (Lipinski definition) is 2. The number of urea groups is 1. The first kappa shape index (κ1) is 16.8. The van der Waals surface area contributed by atoms with Crippen LogP contribution in [0.5, 0.6) is 0 Å². The second kappa shape index (κ2) is 6.81. The lowest BCUT2D eigenvalue weighted by molar-refractivity contribution is 0.127. The molecule has 3 rings (SSSR count). The van der Waals surface area contributed by atoms with Crippen molar-refractivity contribution in [2.24, 2.45) is 5.92 Å². The Hall–Kier alpha value is -2.08.